The highest BCUT2D eigenvalue weighted by atomic mass is 35.5. The molecule has 1 aromatic carbocycles. The number of nitrogens with zero attached hydrogens (tertiary/aromatic N) is 2. The highest BCUT2D eigenvalue weighted by Gasteiger charge is 2.22. The van der Waals surface area contributed by atoms with Crippen LogP contribution in [0.15, 0.2) is 35.6 Å². The summed E-state index contributed by atoms with van der Waals surface area (Å²) in [5.74, 6) is -1.60. The van der Waals surface area contributed by atoms with Crippen molar-refractivity contribution in [3.8, 4) is 5.75 Å². The van der Waals surface area contributed by atoms with Gasteiger partial charge in [0.25, 0.3) is 0 Å². The summed E-state index contributed by atoms with van der Waals surface area (Å²) in [6, 6.07) is 5.57. The van der Waals surface area contributed by atoms with Gasteiger partial charge < -0.3 is 9.47 Å². The van der Waals surface area contributed by atoms with Crippen molar-refractivity contribution >= 4 is 33.4 Å². The number of carbonyl (C=O) groups is 2. The predicted molar refractivity (Wildman–Crippen MR) is 87.5 cm³/mol. The van der Waals surface area contributed by atoms with Crippen molar-refractivity contribution in [2.45, 2.75) is 12.1 Å². The summed E-state index contributed by atoms with van der Waals surface area (Å²) >= 11 is 5.85. The third-order valence-electron chi connectivity index (χ3n) is 3.06. The Morgan fingerprint density at radius 3 is 2.36 bits per heavy atom. The maximum Gasteiger partial charge on any atom is 0.364 e. The molecule has 2 aromatic rings. The van der Waals surface area contributed by atoms with Crippen LogP contribution in [0.5, 0.6) is 5.75 Å². The minimum atomic E-state index is -3.70. The number of halogens is 1. The molecule has 0 aliphatic rings. The first-order chi connectivity index (χ1) is 11.8. The zero-order valence-electron chi connectivity index (χ0n) is 13.2. The first-order valence-electron chi connectivity index (χ1n) is 6.94. The van der Waals surface area contributed by atoms with Crippen LogP contribution in [0, 0.1) is 0 Å². The molecule has 0 N–H and O–H groups in total. The quantitative estimate of drug-likeness (QED) is 0.436. The van der Waals surface area contributed by atoms with Crippen LogP contribution in [0.4, 0.5) is 0 Å². The van der Waals surface area contributed by atoms with Gasteiger partial charge in [0.05, 0.1) is 29.6 Å². The van der Waals surface area contributed by atoms with E-state index in [2.05, 4.69) is 14.7 Å². The maximum atomic E-state index is 12.2. The molecule has 1 aromatic heterocycles. The number of aromatic nitrogens is 2. The molecule has 2 rings (SSSR count). The lowest BCUT2D eigenvalue weighted by molar-refractivity contribution is 0.0600. The van der Waals surface area contributed by atoms with E-state index in [4.69, 9.17) is 16.3 Å². The van der Waals surface area contributed by atoms with Gasteiger partial charge in [-0.1, -0.05) is 18.5 Å². The zero-order valence-corrected chi connectivity index (χ0v) is 14.8. The second-order valence-corrected chi connectivity index (χ2v) is 7.24. The lowest BCUT2D eigenvalue weighted by atomic mass is 10.2. The minimum absolute atomic E-state index is 0.118. The van der Waals surface area contributed by atoms with Crippen molar-refractivity contribution in [1.82, 2.24) is 9.97 Å². The minimum Gasteiger partial charge on any atom is -0.465 e. The molecule has 8 nitrogen and oxygen atoms in total. The van der Waals surface area contributed by atoms with Gasteiger partial charge in [-0.3, -0.25) is 0 Å². The molecule has 0 bridgehead atoms. The van der Waals surface area contributed by atoms with Gasteiger partial charge in [-0.05, 0) is 24.3 Å². The van der Waals surface area contributed by atoms with E-state index in [1.807, 2.05) is 0 Å². The summed E-state index contributed by atoms with van der Waals surface area (Å²) < 4.78 is 33.3. The molecule has 10 heteroatoms. The van der Waals surface area contributed by atoms with E-state index in [0.717, 1.165) is 6.20 Å². The van der Waals surface area contributed by atoms with E-state index in [0.29, 0.717) is 0 Å². The summed E-state index contributed by atoms with van der Waals surface area (Å²) in [6.07, 6.45) is 1.02. The van der Waals surface area contributed by atoms with Gasteiger partial charge in [0.2, 0.25) is 15.0 Å². The van der Waals surface area contributed by atoms with Crippen molar-refractivity contribution in [3.05, 3.63) is 46.7 Å². The average Bonchev–Trinajstić information content (AvgIpc) is 2.61. The van der Waals surface area contributed by atoms with Gasteiger partial charge in [-0.15, -0.1) is 0 Å². The fourth-order valence-electron chi connectivity index (χ4n) is 1.71. The molecule has 0 unspecified atom stereocenters. The molecule has 25 heavy (non-hydrogen) atoms. The number of hydrogen-bond donors (Lipinski definition) is 0. The number of ether oxygens (including phenoxy) is 2. The Morgan fingerprint density at radius 2 is 1.80 bits per heavy atom. The van der Waals surface area contributed by atoms with Crippen LogP contribution < -0.4 is 4.74 Å². The van der Waals surface area contributed by atoms with Gasteiger partial charge in [-0.25, -0.2) is 28.0 Å². The van der Waals surface area contributed by atoms with Gasteiger partial charge in [0.15, 0.2) is 5.69 Å². The first-order valence-corrected chi connectivity index (χ1v) is 8.97. The maximum absolute atomic E-state index is 12.2. The number of carbonyl (C=O) groups excluding carboxylic acids is 2. The lowest BCUT2D eigenvalue weighted by Gasteiger charge is -2.07. The highest BCUT2D eigenvalue weighted by molar-refractivity contribution is 7.91. The van der Waals surface area contributed by atoms with E-state index in [-0.39, 0.29) is 27.8 Å². The Morgan fingerprint density at radius 1 is 1.16 bits per heavy atom. The average molecular weight is 385 g/mol. The van der Waals surface area contributed by atoms with Crippen LogP contribution in [-0.4, -0.2) is 43.2 Å². The van der Waals surface area contributed by atoms with E-state index in [1.165, 1.54) is 38.3 Å². The van der Waals surface area contributed by atoms with E-state index in [9.17, 15) is 18.0 Å². The Bertz CT molecular complexity index is 912. The van der Waals surface area contributed by atoms with Crippen LogP contribution in [0.25, 0.3) is 0 Å². The fourth-order valence-corrected chi connectivity index (χ4v) is 2.58. The third kappa shape index (κ3) is 4.31. The molecule has 0 saturated carbocycles. The molecular formula is C15H13ClN2O6S. The fraction of sp³-hybridized carbons (Fsp3) is 0.200. The molecule has 1 heterocycles. The molecule has 0 aliphatic carbocycles. The summed E-state index contributed by atoms with van der Waals surface area (Å²) in [4.78, 5) is 30.9. The molecule has 0 aliphatic heterocycles. The highest BCUT2D eigenvalue weighted by Crippen LogP contribution is 2.19. The van der Waals surface area contributed by atoms with Crippen LogP contribution in [0.1, 0.15) is 27.8 Å². The smallest absolute Gasteiger partial charge is 0.364 e. The number of esters is 2. The number of sulfone groups is 1. The van der Waals surface area contributed by atoms with Crippen molar-refractivity contribution < 1.29 is 27.5 Å². The van der Waals surface area contributed by atoms with Crippen molar-refractivity contribution in [1.29, 1.82) is 0 Å². The van der Waals surface area contributed by atoms with E-state index < -0.39 is 26.9 Å². The van der Waals surface area contributed by atoms with E-state index >= 15 is 0 Å². The number of rotatable bonds is 5. The Hall–Kier alpha value is -2.52. The summed E-state index contributed by atoms with van der Waals surface area (Å²) in [6.45, 7) is 1.42. The molecule has 0 spiro atoms. The number of benzene rings is 1. The van der Waals surface area contributed by atoms with Gasteiger partial charge in [0.1, 0.15) is 5.75 Å². The molecule has 0 amide bonds. The van der Waals surface area contributed by atoms with Crippen LogP contribution in [0.2, 0.25) is 5.02 Å². The summed E-state index contributed by atoms with van der Waals surface area (Å²) in [5, 5.41) is -0.654. The van der Waals surface area contributed by atoms with Gasteiger partial charge in [0, 0.05) is 0 Å². The van der Waals surface area contributed by atoms with E-state index in [1.54, 1.807) is 0 Å². The van der Waals surface area contributed by atoms with Crippen molar-refractivity contribution in [2.75, 3.05) is 12.9 Å². The molecule has 0 radical (unpaired) electrons. The monoisotopic (exact) mass is 384 g/mol. The van der Waals surface area contributed by atoms with Gasteiger partial charge in [-0.2, -0.15) is 0 Å². The number of methoxy groups -OCH3 is 1. The number of hydrogen-bond acceptors (Lipinski definition) is 8. The summed E-state index contributed by atoms with van der Waals surface area (Å²) in [7, 11) is -2.46. The SMILES string of the molecule is CCS(=O)(=O)c1ncc(Cl)c(C(=O)Oc2ccc(C(=O)OC)cc2)n1. The zero-order chi connectivity index (χ0) is 18.6. The lowest BCUT2D eigenvalue weighted by Crippen LogP contribution is -2.16. The first kappa shape index (κ1) is 18.8. The second-order valence-electron chi connectivity index (χ2n) is 4.66. The van der Waals surface area contributed by atoms with Crippen molar-refractivity contribution in [2.24, 2.45) is 0 Å². The molecule has 0 saturated heterocycles. The molecule has 132 valence electrons. The predicted octanol–water partition coefficient (Wildman–Crippen LogP) is 1.93. The second kappa shape index (κ2) is 7.58. The largest absolute Gasteiger partial charge is 0.465 e. The molecule has 0 fully saturated rings. The molecule has 0 atom stereocenters. The third-order valence-corrected chi connectivity index (χ3v) is 4.85. The summed E-state index contributed by atoms with van der Waals surface area (Å²) in [5.41, 5.74) is -0.0978. The standard InChI is InChI=1S/C15H13ClN2O6S/c1-3-25(21,22)15-17-8-11(16)12(18-15)14(20)24-10-6-4-9(5-7-10)13(19)23-2/h4-8H,3H2,1-2H3. The van der Waals surface area contributed by atoms with Crippen LogP contribution in [-0.2, 0) is 14.6 Å². The Labute approximate surface area is 148 Å². The Balaban J connectivity index is 2.26. The van der Waals surface area contributed by atoms with Crippen LogP contribution in [0.3, 0.4) is 0 Å². The van der Waals surface area contributed by atoms with Crippen LogP contribution >= 0.6 is 11.6 Å². The molecular weight excluding hydrogens is 372 g/mol. The normalized spacial score (nSPS) is 11.0. The Kier molecular flexibility index (Phi) is 5.70. The van der Waals surface area contributed by atoms with Crippen molar-refractivity contribution in [3.63, 3.8) is 0 Å². The van der Waals surface area contributed by atoms with Gasteiger partial charge >= 0.3 is 11.9 Å². The topological polar surface area (TPSA) is 113 Å².